The number of hydrogen-bond donors (Lipinski definition) is 1. The quantitative estimate of drug-likeness (QED) is 0.939. The maximum absolute atomic E-state index is 9.29. The number of aliphatic hydroxyl groups is 1. The van der Waals surface area contributed by atoms with Crippen molar-refractivity contribution in [2.45, 2.75) is 19.4 Å². The van der Waals surface area contributed by atoms with Crippen molar-refractivity contribution in [1.82, 2.24) is 9.88 Å². The van der Waals surface area contributed by atoms with E-state index in [1.54, 1.807) is 11.3 Å². The number of aliphatic hydroxyl groups excluding tert-OH is 1. The normalized spacial score (nSPS) is 20.1. The van der Waals surface area contributed by atoms with Crippen LogP contribution in [0.2, 0.25) is 0 Å². The Labute approximate surface area is 123 Å². The minimum absolute atomic E-state index is 0.309. The summed E-state index contributed by atoms with van der Waals surface area (Å²) in [4.78, 5) is 7.15. The van der Waals surface area contributed by atoms with Crippen molar-refractivity contribution in [1.29, 1.82) is 0 Å². The Bertz CT molecular complexity index is 540. The summed E-state index contributed by atoms with van der Waals surface area (Å²) in [5.74, 6) is 0.442. The summed E-state index contributed by atoms with van der Waals surface area (Å²) in [6.45, 7) is 3.34. The van der Waals surface area contributed by atoms with Crippen LogP contribution in [0.4, 0.5) is 0 Å². The summed E-state index contributed by atoms with van der Waals surface area (Å²) in [7, 11) is 0. The maximum atomic E-state index is 9.29. The molecule has 2 aromatic rings. The summed E-state index contributed by atoms with van der Waals surface area (Å²) in [5.41, 5.74) is 2.25. The molecule has 0 radical (unpaired) electrons. The van der Waals surface area contributed by atoms with Gasteiger partial charge in [0.25, 0.3) is 0 Å². The number of thiazole rings is 1. The fourth-order valence-corrected chi connectivity index (χ4v) is 3.60. The van der Waals surface area contributed by atoms with Crippen LogP contribution in [0.1, 0.15) is 17.8 Å². The molecular weight excluding hydrogens is 268 g/mol. The van der Waals surface area contributed by atoms with Crippen molar-refractivity contribution >= 4 is 11.3 Å². The largest absolute Gasteiger partial charge is 0.396 e. The van der Waals surface area contributed by atoms with Gasteiger partial charge in [-0.2, -0.15) is 0 Å². The first-order valence-corrected chi connectivity index (χ1v) is 8.06. The molecule has 3 rings (SSSR count). The Balaban J connectivity index is 1.65. The zero-order valence-electron chi connectivity index (χ0n) is 11.5. The van der Waals surface area contributed by atoms with Crippen LogP contribution in [0.5, 0.6) is 0 Å². The molecule has 1 unspecified atom stereocenters. The first kappa shape index (κ1) is 13.7. The van der Waals surface area contributed by atoms with Crippen LogP contribution in [0.25, 0.3) is 11.3 Å². The molecule has 1 aliphatic heterocycles. The molecule has 0 bridgehead atoms. The Kier molecular flexibility index (Phi) is 4.45. The first-order valence-electron chi connectivity index (χ1n) is 7.18. The number of benzene rings is 1. The minimum atomic E-state index is 0.309. The van der Waals surface area contributed by atoms with Gasteiger partial charge in [-0.15, -0.1) is 11.3 Å². The second kappa shape index (κ2) is 6.48. The van der Waals surface area contributed by atoms with Crippen LogP contribution in [0.3, 0.4) is 0 Å². The van der Waals surface area contributed by atoms with Crippen molar-refractivity contribution in [3.05, 3.63) is 40.7 Å². The number of rotatable bonds is 4. The average molecular weight is 288 g/mol. The van der Waals surface area contributed by atoms with Crippen LogP contribution in [0, 0.1) is 5.92 Å². The van der Waals surface area contributed by atoms with E-state index >= 15 is 0 Å². The SMILES string of the molecule is OCC1CCCN(Cc2nc(-c3ccccc3)cs2)C1. The molecular formula is C16H20N2OS. The molecule has 4 heteroatoms. The number of hydrogen-bond acceptors (Lipinski definition) is 4. The highest BCUT2D eigenvalue weighted by Crippen LogP contribution is 2.24. The molecule has 2 heterocycles. The highest BCUT2D eigenvalue weighted by atomic mass is 32.1. The fourth-order valence-electron chi connectivity index (χ4n) is 2.76. The molecule has 106 valence electrons. The molecule has 0 saturated carbocycles. The monoisotopic (exact) mass is 288 g/mol. The van der Waals surface area contributed by atoms with Gasteiger partial charge < -0.3 is 5.11 Å². The topological polar surface area (TPSA) is 36.4 Å². The lowest BCUT2D eigenvalue weighted by atomic mass is 9.99. The predicted octanol–water partition coefficient (Wildman–Crippen LogP) is 3.01. The van der Waals surface area contributed by atoms with Crippen molar-refractivity contribution in [2.24, 2.45) is 5.92 Å². The van der Waals surface area contributed by atoms with Gasteiger partial charge in [0, 0.05) is 24.1 Å². The molecule has 1 saturated heterocycles. The highest BCUT2D eigenvalue weighted by molar-refractivity contribution is 7.09. The van der Waals surface area contributed by atoms with Crippen LogP contribution in [-0.2, 0) is 6.54 Å². The van der Waals surface area contributed by atoms with E-state index in [-0.39, 0.29) is 0 Å². The van der Waals surface area contributed by atoms with Gasteiger partial charge in [-0.1, -0.05) is 30.3 Å². The average Bonchev–Trinajstić information content (AvgIpc) is 2.97. The van der Waals surface area contributed by atoms with E-state index in [4.69, 9.17) is 4.98 Å². The number of aromatic nitrogens is 1. The molecule has 1 aliphatic rings. The molecule has 1 aromatic heterocycles. The van der Waals surface area contributed by atoms with Crippen LogP contribution in [0.15, 0.2) is 35.7 Å². The zero-order valence-corrected chi connectivity index (χ0v) is 12.4. The Morgan fingerprint density at radius 1 is 1.30 bits per heavy atom. The van der Waals surface area contributed by atoms with Gasteiger partial charge in [-0.3, -0.25) is 4.90 Å². The Hall–Kier alpha value is -1.23. The number of nitrogens with zero attached hydrogens (tertiary/aromatic N) is 2. The van der Waals surface area contributed by atoms with E-state index in [1.165, 1.54) is 17.0 Å². The first-order chi connectivity index (χ1) is 9.85. The van der Waals surface area contributed by atoms with Crippen molar-refractivity contribution < 1.29 is 5.11 Å². The van der Waals surface area contributed by atoms with Crippen LogP contribution >= 0.6 is 11.3 Å². The lowest BCUT2D eigenvalue weighted by Gasteiger charge is -2.30. The van der Waals surface area contributed by atoms with Crippen molar-refractivity contribution in [3.8, 4) is 11.3 Å². The lowest BCUT2D eigenvalue weighted by Crippen LogP contribution is -2.36. The molecule has 1 aromatic carbocycles. The standard InChI is InChI=1S/C16H20N2OS/c19-11-13-5-4-8-18(9-13)10-16-17-15(12-20-16)14-6-2-1-3-7-14/h1-3,6-7,12-13,19H,4-5,8-11H2. The van der Waals surface area contributed by atoms with Gasteiger partial charge in [0.2, 0.25) is 0 Å². The lowest BCUT2D eigenvalue weighted by molar-refractivity contribution is 0.116. The van der Waals surface area contributed by atoms with Crippen molar-refractivity contribution in [3.63, 3.8) is 0 Å². The van der Waals surface area contributed by atoms with E-state index in [0.717, 1.165) is 31.7 Å². The minimum Gasteiger partial charge on any atom is -0.396 e. The second-order valence-electron chi connectivity index (χ2n) is 5.42. The molecule has 1 fully saturated rings. The third-order valence-corrected chi connectivity index (χ3v) is 4.68. The fraction of sp³-hybridized carbons (Fsp3) is 0.438. The van der Waals surface area contributed by atoms with E-state index in [2.05, 4.69) is 22.4 Å². The smallest absolute Gasteiger partial charge is 0.107 e. The van der Waals surface area contributed by atoms with Crippen LogP contribution < -0.4 is 0 Å². The Morgan fingerprint density at radius 3 is 2.95 bits per heavy atom. The zero-order chi connectivity index (χ0) is 13.8. The summed E-state index contributed by atoms with van der Waals surface area (Å²) >= 11 is 1.73. The second-order valence-corrected chi connectivity index (χ2v) is 6.36. The van der Waals surface area contributed by atoms with Gasteiger partial charge in [0.15, 0.2) is 0 Å². The van der Waals surface area contributed by atoms with Crippen LogP contribution in [-0.4, -0.2) is 34.7 Å². The summed E-state index contributed by atoms with van der Waals surface area (Å²) in [6.07, 6.45) is 2.34. The molecule has 0 amide bonds. The summed E-state index contributed by atoms with van der Waals surface area (Å²) in [6, 6.07) is 10.3. The Morgan fingerprint density at radius 2 is 2.15 bits per heavy atom. The summed E-state index contributed by atoms with van der Waals surface area (Å²) in [5, 5.41) is 12.6. The molecule has 0 aliphatic carbocycles. The van der Waals surface area contributed by atoms with E-state index in [9.17, 15) is 5.11 Å². The predicted molar refractivity (Wildman–Crippen MR) is 82.6 cm³/mol. The van der Waals surface area contributed by atoms with E-state index in [1.807, 2.05) is 18.2 Å². The van der Waals surface area contributed by atoms with Gasteiger partial charge in [-0.05, 0) is 25.3 Å². The molecule has 1 N–H and O–H groups in total. The molecule has 3 nitrogen and oxygen atoms in total. The molecule has 1 atom stereocenters. The molecule has 20 heavy (non-hydrogen) atoms. The number of piperidine rings is 1. The molecule has 0 spiro atoms. The maximum Gasteiger partial charge on any atom is 0.107 e. The highest BCUT2D eigenvalue weighted by Gasteiger charge is 2.20. The van der Waals surface area contributed by atoms with Gasteiger partial charge >= 0.3 is 0 Å². The van der Waals surface area contributed by atoms with E-state index < -0.39 is 0 Å². The van der Waals surface area contributed by atoms with Gasteiger partial charge in [0.1, 0.15) is 5.01 Å². The third-order valence-electron chi connectivity index (χ3n) is 3.84. The third kappa shape index (κ3) is 3.26. The van der Waals surface area contributed by atoms with Gasteiger partial charge in [-0.25, -0.2) is 4.98 Å². The van der Waals surface area contributed by atoms with Crippen molar-refractivity contribution in [2.75, 3.05) is 19.7 Å². The van der Waals surface area contributed by atoms with E-state index in [0.29, 0.717) is 12.5 Å². The summed E-state index contributed by atoms with van der Waals surface area (Å²) < 4.78 is 0. The number of likely N-dealkylation sites (tertiary alicyclic amines) is 1. The van der Waals surface area contributed by atoms with Gasteiger partial charge in [0.05, 0.1) is 12.2 Å².